The molecular weight excluding hydrogens is 238 g/mol. The summed E-state index contributed by atoms with van der Waals surface area (Å²) in [5.74, 6) is 0.559. The first-order chi connectivity index (χ1) is 8.70. The summed E-state index contributed by atoms with van der Waals surface area (Å²) in [5, 5.41) is 3.56. The number of rotatable bonds is 5. The van der Waals surface area contributed by atoms with Crippen molar-refractivity contribution in [2.75, 3.05) is 5.32 Å². The summed E-state index contributed by atoms with van der Waals surface area (Å²) in [7, 11) is 0. The van der Waals surface area contributed by atoms with Crippen LogP contribution in [0, 0.1) is 0 Å². The Morgan fingerprint density at radius 3 is 2.44 bits per heavy atom. The number of hydrogen-bond donors (Lipinski definition) is 1. The van der Waals surface area contributed by atoms with E-state index in [1.807, 2.05) is 11.3 Å². The van der Waals surface area contributed by atoms with Gasteiger partial charge in [-0.2, -0.15) is 0 Å². The van der Waals surface area contributed by atoms with Crippen LogP contribution in [0.4, 0.5) is 5.69 Å². The Morgan fingerprint density at radius 1 is 1.06 bits per heavy atom. The van der Waals surface area contributed by atoms with Crippen LogP contribution in [-0.2, 0) is 13.0 Å². The van der Waals surface area contributed by atoms with Crippen molar-refractivity contribution in [1.29, 1.82) is 0 Å². The Hall–Kier alpha value is -1.28. The third kappa shape index (κ3) is 3.14. The van der Waals surface area contributed by atoms with E-state index in [9.17, 15) is 0 Å². The van der Waals surface area contributed by atoms with E-state index in [2.05, 4.69) is 62.5 Å². The van der Waals surface area contributed by atoms with Gasteiger partial charge in [0.1, 0.15) is 0 Å². The molecule has 1 heterocycles. The van der Waals surface area contributed by atoms with Crippen LogP contribution in [0.15, 0.2) is 36.4 Å². The number of anilines is 1. The van der Waals surface area contributed by atoms with Crippen LogP contribution < -0.4 is 5.32 Å². The lowest BCUT2D eigenvalue weighted by Crippen LogP contribution is -2.01. The number of hydrogen-bond acceptors (Lipinski definition) is 2. The van der Waals surface area contributed by atoms with E-state index in [0.29, 0.717) is 5.92 Å². The SMILES string of the molecule is CCc1ccc(CNc2ccccc2C(C)C)s1. The van der Waals surface area contributed by atoms with E-state index < -0.39 is 0 Å². The molecule has 0 saturated carbocycles. The first-order valence-electron chi connectivity index (χ1n) is 6.61. The molecule has 0 atom stereocenters. The van der Waals surface area contributed by atoms with Crippen LogP contribution in [0.5, 0.6) is 0 Å². The van der Waals surface area contributed by atoms with Gasteiger partial charge in [0.05, 0.1) is 0 Å². The maximum Gasteiger partial charge on any atom is 0.0494 e. The van der Waals surface area contributed by atoms with Gasteiger partial charge in [0.25, 0.3) is 0 Å². The maximum absolute atomic E-state index is 3.56. The van der Waals surface area contributed by atoms with Gasteiger partial charge in [0, 0.05) is 22.0 Å². The Bertz CT molecular complexity index is 499. The van der Waals surface area contributed by atoms with E-state index in [0.717, 1.165) is 13.0 Å². The summed E-state index contributed by atoms with van der Waals surface area (Å²) in [6.45, 7) is 7.60. The van der Waals surface area contributed by atoms with Crippen molar-refractivity contribution in [3.63, 3.8) is 0 Å². The summed E-state index contributed by atoms with van der Waals surface area (Å²) < 4.78 is 0. The van der Waals surface area contributed by atoms with E-state index in [-0.39, 0.29) is 0 Å². The van der Waals surface area contributed by atoms with E-state index >= 15 is 0 Å². The van der Waals surface area contributed by atoms with Crippen molar-refractivity contribution in [3.05, 3.63) is 51.7 Å². The van der Waals surface area contributed by atoms with Gasteiger partial charge in [0.15, 0.2) is 0 Å². The Morgan fingerprint density at radius 2 is 1.78 bits per heavy atom. The first kappa shape index (κ1) is 13.2. The van der Waals surface area contributed by atoms with E-state index in [1.165, 1.54) is 21.0 Å². The minimum atomic E-state index is 0.559. The highest BCUT2D eigenvalue weighted by molar-refractivity contribution is 7.12. The van der Waals surface area contributed by atoms with Gasteiger partial charge in [-0.15, -0.1) is 11.3 Å². The molecule has 2 rings (SSSR count). The van der Waals surface area contributed by atoms with Gasteiger partial charge in [0.2, 0.25) is 0 Å². The first-order valence-corrected chi connectivity index (χ1v) is 7.42. The minimum absolute atomic E-state index is 0.559. The van der Waals surface area contributed by atoms with Crippen molar-refractivity contribution >= 4 is 17.0 Å². The zero-order valence-corrected chi connectivity index (χ0v) is 12.2. The fourth-order valence-corrected chi connectivity index (χ4v) is 2.95. The third-order valence-corrected chi connectivity index (χ3v) is 4.33. The molecule has 0 saturated heterocycles. The molecule has 0 aliphatic heterocycles. The summed E-state index contributed by atoms with van der Waals surface area (Å²) in [4.78, 5) is 2.87. The molecule has 1 aromatic carbocycles. The monoisotopic (exact) mass is 259 g/mol. The quantitative estimate of drug-likeness (QED) is 0.792. The Balaban J connectivity index is 2.05. The molecule has 0 unspecified atom stereocenters. The summed E-state index contributed by atoms with van der Waals surface area (Å²) in [6.07, 6.45) is 1.13. The van der Waals surface area contributed by atoms with Gasteiger partial charge in [-0.3, -0.25) is 0 Å². The highest BCUT2D eigenvalue weighted by Crippen LogP contribution is 2.25. The predicted octanol–water partition coefficient (Wildman–Crippen LogP) is 5.05. The average molecular weight is 259 g/mol. The largest absolute Gasteiger partial charge is 0.380 e. The molecule has 1 N–H and O–H groups in total. The minimum Gasteiger partial charge on any atom is -0.380 e. The summed E-state index contributed by atoms with van der Waals surface area (Å²) >= 11 is 1.90. The zero-order valence-electron chi connectivity index (χ0n) is 11.4. The number of thiophene rings is 1. The second kappa shape index (κ2) is 6.05. The number of nitrogens with one attached hydrogen (secondary N) is 1. The lowest BCUT2D eigenvalue weighted by Gasteiger charge is -2.13. The van der Waals surface area contributed by atoms with Crippen LogP contribution in [0.2, 0.25) is 0 Å². The molecule has 0 amide bonds. The normalized spacial score (nSPS) is 10.9. The van der Waals surface area contributed by atoms with Crippen LogP contribution >= 0.6 is 11.3 Å². The lowest BCUT2D eigenvalue weighted by atomic mass is 10.0. The molecule has 0 aliphatic carbocycles. The molecule has 0 bridgehead atoms. The van der Waals surface area contributed by atoms with Crippen molar-refractivity contribution < 1.29 is 0 Å². The van der Waals surface area contributed by atoms with Crippen molar-refractivity contribution in [2.45, 2.75) is 39.7 Å². The van der Waals surface area contributed by atoms with Gasteiger partial charge >= 0.3 is 0 Å². The second-order valence-electron chi connectivity index (χ2n) is 4.82. The van der Waals surface area contributed by atoms with E-state index in [1.54, 1.807) is 0 Å². The summed E-state index contributed by atoms with van der Waals surface area (Å²) in [5.41, 5.74) is 2.66. The predicted molar refractivity (Wildman–Crippen MR) is 81.6 cm³/mol. The van der Waals surface area contributed by atoms with E-state index in [4.69, 9.17) is 0 Å². The molecule has 96 valence electrons. The van der Waals surface area contributed by atoms with Gasteiger partial charge in [-0.25, -0.2) is 0 Å². The molecule has 18 heavy (non-hydrogen) atoms. The number of benzene rings is 1. The number of para-hydroxylation sites is 1. The van der Waals surface area contributed by atoms with Gasteiger partial charge in [-0.05, 0) is 36.1 Å². The standard InChI is InChI=1S/C16H21NS/c1-4-13-9-10-14(18-13)11-17-16-8-6-5-7-15(16)12(2)3/h5-10,12,17H,4,11H2,1-3H3. The third-order valence-electron chi connectivity index (χ3n) is 3.10. The molecule has 0 fully saturated rings. The zero-order chi connectivity index (χ0) is 13.0. The molecule has 2 heteroatoms. The molecule has 1 nitrogen and oxygen atoms in total. The summed E-state index contributed by atoms with van der Waals surface area (Å²) in [6, 6.07) is 13.0. The highest BCUT2D eigenvalue weighted by Gasteiger charge is 2.05. The van der Waals surface area contributed by atoms with Crippen LogP contribution in [0.25, 0.3) is 0 Å². The van der Waals surface area contributed by atoms with Gasteiger partial charge < -0.3 is 5.32 Å². The topological polar surface area (TPSA) is 12.0 Å². The average Bonchev–Trinajstić information content (AvgIpc) is 2.84. The van der Waals surface area contributed by atoms with Crippen molar-refractivity contribution in [2.24, 2.45) is 0 Å². The van der Waals surface area contributed by atoms with Gasteiger partial charge in [-0.1, -0.05) is 39.0 Å². The molecular formula is C16H21NS. The molecule has 1 aromatic heterocycles. The lowest BCUT2D eigenvalue weighted by molar-refractivity contribution is 0.866. The maximum atomic E-state index is 3.56. The fraction of sp³-hybridized carbons (Fsp3) is 0.375. The van der Waals surface area contributed by atoms with Crippen LogP contribution in [0.1, 0.15) is 42.0 Å². The van der Waals surface area contributed by atoms with Crippen LogP contribution in [0.3, 0.4) is 0 Å². The smallest absolute Gasteiger partial charge is 0.0494 e. The molecule has 2 aromatic rings. The Labute approximate surface area is 114 Å². The Kier molecular flexibility index (Phi) is 4.43. The molecule has 0 spiro atoms. The fourth-order valence-electron chi connectivity index (χ4n) is 2.05. The van der Waals surface area contributed by atoms with Crippen molar-refractivity contribution in [1.82, 2.24) is 0 Å². The van der Waals surface area contributed by atoms with Crippen molar-refractivity contribution in [3.8, 4) is 0 Å². The highest BCUT2D eigenvalue weighted by atomic mass is 32.1. The molecule has 0 aliphatic rings. The number of aryl methyl sites for hydroxylation is 1. The molecule has 0 radical (unpaired) electrons. The second-order valence-corrected chi connectivity index (χ2v) is 6.07. The van der Waals surface area contributed by atoms with Crippen LogP contribution in [-0.4, -0.2) is 0 Å².